The number of benzene rings is 3. The number of nitrogens with zero attached hydrogens (tertiary/aromatic N) is 1. The Kier molecular flexibility index (Phi) is 5.73. The lowest BCUT2D eigenvalue weighted by molar-refractivity contribution is -0.132. The summed E-state index contributed by atoms with van der Waals surface area (Å²) < 4.78 is 25.3. The highest BCUT2D eigenvalue weighted by Gasteiger charge is 2.50. The molecule has 2 N–H and O–H groups in total. The molecule has 1 atom stereocenters. The average Bonchev–Trinajstić information content (AvgIpc) is 3.04. The third-order valence-electron chi connectivity index (χ3n) is 5.40. The van der Waals surface area contributed by atoms with Crippen molar-refractivity contribution in [3.63, 3.8) is 0 Å². The van der Waals surface area contributed by atoms with Crippen molar-refractivity contribution in [3.05, 3.63) is 102 Å². The molecule has 0 spiro atoms. The Bertz CT molecular complexity index is 1330. The smallest absolute Gasteiger partial charge is 0.318 e. The average molecular weight is 464 g/mol. The first kappa shape index (κ1) is 22.2. The normalized spacial score (nSPS) is 18.2. The first-order valence-corrected chi connectivity index (χ1v) is 11.8. The van der Waals surface area contributed by atoms with Gasteiger partial charge in [-0.15, -0.1) is 0 Å². The minimum atomic E-state index is -3.60. The van der Waals surface area contributed by atoms with Crippen LogP contribution in [-0.2, 0) is 25.9 Å². The maximum atomic E-state index is 13.0. The SMILES string of the molecule is CC1(c2ccccc2)NC(=O)N(NC(=O)c2cccc(CS(=O)(=O)c3ccccc3)c2)C1=O. The monoisotopic (exact) mass is 463 g/mol. The van der Waals surface area contributed by atoms with Crippen LogP contribution in [0.5, 0.6) is 0 Å². The van der Waals surface area contributed by atoms with Gasteiger partial charge in [-0.2, -0.15) is 5.01 Å². The molecule has 9 heteroatoms. The van der Waals surface area contributed by atoms with E-state index in [4.69, 9.17) is 0 Å². The zero-order chi connectivity index (χ0) is 23.6. The molecule has 0 bridgehead atoms. The van der Waals surface area contributed by atoms with Crippen molar-refractivity contribution >= 4 is 27.7 Å². The topological polar surface area (TPSA) is 113 Å². The van der Waals surface area contributed by atoms with Gasteiger partial charge in [0.25, 0.3) is 11.8 Å². The van der Waals surface area contributed by atoms with Crippen molar-refractivity contribution in [1.29, 1.82) is 0 Å². The van der Waals surface area contributed by atoms with Gasteiger partial charge < -0.3 is 5.32 Å². The summed E-state index contributed by atoms with van der Waals surface area (Å²) in [7, 11) is -3.60. The Balaban J connectivity index is 1.52. The number of hydrogen-bond acceptors (Lipinski definition) is 5. The molecule has 0 aliphatic carbocycles. The second-order valence-electron chi connectivity index (χ2n) is 7.78. The molecule has 4 rings (SSSR count). The molecule has 8 nitrogen and oxygen atoms in total. The lowest BCUT2D eigenvalue weighted by atomic mass is 9.92. The molecule has 0 radical (unpaired) electrons. The van der Waals surface area contributed by atoms with Crippen LogP contribution in [0.2, 0.25) is 0 Å². The van der Waals surface area contributed by atoms with Crippen LogP contribution in [0.4, 0.5) is 4.79 Å². The first-order chi connectivity index (χ1) is 15.7. The Morgan fingerprint density at radius 3 is 2.24 bits per heavy atom. The van der Waals surface area contributed by atoms with E-state index in [0.29, 0.717) is 16.1 Å². The van der Waals surface area contributed by atoms with Gasteiger partial charge in [-0.1, -0.05) is 60.7 Å². The van der Waals surface area contributed by atoms with Crippen LogP contribution >= 0.6 is 0 Å². The van der Waals surface area contributed by atoms with E-state index in [1.807, 2.05) is 0 Å². The molecule has 1 aliphatic rings. The Labute approximate surface area is 191 Å². The largest absolute Gasteiger partial charge is 0.344 e. The number of sulfone groups is 1. The van der Waals surface area contributed by atoms with Gasteiger partial charge in [-0.25, -0.2) is 13.2 Å². The third-order valence-corrected chi connectivity index (χ3v) is 7.11. The standard InChI is InChI=1S/C24H21N3O5S/c1-24(19-11-4-2-5-12-19)22(29)27(23(30)25-24)26-21(28)18-10-8-9-17(15-18)16-33(31,32)20-13-6-3-7-14-20/h2-15H,16H2,1H3,(H,25,30)(H,26,28). The number of rotatable bonds is 6. The quantitative estimate of drug-likeness (QED) is 0.546. The maximum Gasteiger partial charge on any atom is 0.344 e. The second kappa shape index (κ2) is 8.51. The number of amides is 4. The predicted molar refractivity (Wildman–Crippen MR) is 120 cm³/mol. The van der Waals surface area contributed by atoms with Crippen molar-refractivity contribution in [3.8, 4) is 0 Å². The fourth-order valence-corrected chi connectivity index (χ4v) is 4.96. The van der Waals surface area contributed by atoms with Crippen molar-refractivity contribution in [2.45, 2.75) is 23.1 Å². The fourth-order valence-electron chi connectivity index (χ4n) is 3.61. The molecule has 168 valence electrons. The zero-order valence-corrected chi connectivity index (χ0v) is 18.5. The van der Waals surface area contributed by atoms with Gasteiger partial charge in [0, 0.05) is 5.56 Å². The van der Waals surface area contributed by atoms with Gasteiger partial charge in [-0.3, -0.25) is 15.0 Å². The lowest BCUT2D eigenvalue weighted by Crippen LogP contribution is -2.47. The Hall–Kier alpha value is -3.98. The summed E-state index contributed by atoms with van der Waals surface area (Å²) in [4.78, 5) is 38.4. The van der Waals surface area contributed by atoms with E-state index < -0.39 is 33.2 Å². The van der Waals surface area contributed by atoms with E-state index in [0.717, 1.165) is 0 Å². The summed E-state index contributed by atoms with van der Waals surface area (Å²) in [5, 5.41) is 3.25. The van der Waals surface area contributed by atoms with Gasteiger partial charge in [0.05, 0.1) is 10.6 Å². The van der Waals surface area contributed by atoms with Crippen LogP contribution in [0.15, 0.2) is 89.8 Å². The van der Waals surface area contributed by atoms with Crippen molar-refractivity contribution in [2.75, 3.05) is 0 Å². The van der Waals surface area contributed by atoms with E-state index in [1.54, 1.807) is 67.6 Å². The zero-order valence-electron chi connectivity index (χ0n) is 17.7. The molecule has 3 aromatic carbocycles. The van der Waals surface area contributed by atoms with Gasteiger partial charge in [-0.05, 0) is 42.3 Å². The van der Waals surface area contributed by atoms with E-state index in [-0.39, 0.29) is 16.2 Å². The van der Waals surface area contributed by atoms with Gasteiger partial charge >= 0.3 is 6.03 Å². The number of nitrogens with one attached hydrogen (secondary N) is 2. The van der Waals surface area contributed by atoms with Crippen LogP contribution in [0.25, 0.3) is 0 Å². The van der Waals surface area contributed by atoms with Gasteiger partial charge in [0.2, 0.25) is 0 Å². The highest BCUT2D eigenvalue weighted by Crippen LogP contribution is 2.27. The Morgan fingerprint density at radius 1 is 0.939 bits per heavy atom. The molecule has 1 unspecified atom stereocenters. The van der Waals surface area contributed by atoms with Gasteiger partial charge in [0.1, 0.15) is 5.54 Å². The van der Waals surface area contributed by atoms with E-state index in [9.17, 15) is 22.8 Å². The number of carbonyl (C=O) groups is 3. The second-order valence-corrected chi connectivity index (χ2v) is 9.76. The molecule has 0 aromatic heterocycles. The molecule has 1 fully saturated rings. The lowest BCUT2D eigenvalue weighted by Gasteiger charge is -2.22. The molecule has 4 amide bonds. The highest BCUT2D eigenvalue weighted by molar-refractivity contribution is 7.90. The van der Waals surface area contributed by atoms with Crippen molar-refractivity contribution in [1.82, 2.24) is 15.8 Å². The van der Waals surface area contributed by atoms with Crippen LogP contribution < -0.4 is 10.7 Å². The van der Waals surface area contributed by atoms with Crippen molar-refractivity contribution < 1.29 is 22.8 Å². The van der Waals surface area contributed by atoms with Crippen molar-refractivity contribution in [2.24, 2.45) is 0 Å². The molecular weight excluding hydrogens is 442 g/mol. The number of urea groups is 1. The number of imide groups is 1. The molecule has 1 heterocycles. The summed E-state index contributed by atoms with van der Waals surface area (Å²) in [5.74, 6) is -1.64. The molecule has 1 saturated heterocycles. The first-order valence-electron chi connectivity index (χ1n) is 10.1. The van der Waals surface area contributed by atoms with E-state index >= 15 is 0 Å². The fraction of sp³-hybridized carbons (Fsp3) is 0.125. The van der Waals surface area contributed by atoms with Crippen LogP contribution in [0, 0.1) is 0 Å². The summed E-state index contributed by atoms with van der Waals surface area (Å²) in [6.07, 6.45) is 0. The number of hydrazine groups is 1. The summed E-state index contributed by atoms with van der Waals surface area (Å²) in [6.45, 7) is 1.56. The van der Waals surface area contributed by atoms with Crippen LogP contribution in [0.3, 0.4) is 0 Å². The number of hydrogen-bond donors (Lipinski definition) is 2. The maximum absolute atomic E-state index is 13.0. The summed E-state index contributed by atoms with van der Waals surface area (Å²) in [5.41, 5.74) is 2.10. The molecule has 33 heavy (non-hydrogen) atoms. The summed E-state index contributed by atoms with van der Waals surface area (Å²) >= 11 is 0. The molecule has 3 aromatic rings. The summed E-state index contributed by atoms with van der Waals surface area (Å²) in [6, 6.07) is 22.0. The van der Waals surface area contributed by atoms with E-state index in [1.165, 1.54) is 24.3 Å². The third kappa shape index (κ3) is 4.35. The molecular formula is C24H21N3O5S. The minimum absolute atomic E-state index is 0.115. The van der Waals surface area contributed by atoms with Gasteiger partial charge in [0.15, 0.2) is 9.84 Å². The van der Waals surface area contributed by atoms with E-state index in [2.05, 4.69) is 10.7 Å². The minimum Gasteiger partial charge on any atom is -0.318 e. The Morgan fingerprint density at radius 2 is 1.58 bits per heavy atom. The molecule has 1 aliphatic heterocycles. The number of carbonyl (C=O) groups excluding carboxylic acids is 3. The van der Waals surface area contributed by atoms with Crippen LogP contribution in [0.1, 0.15) is 28.4 Å². The predicted octanol–water partition coefficient (Wildman–Crippen LogP) is 2.77. The molecule has 0 saturated carbocycles. The highest BCUT2D eigenvalue weighted by atomic mass is 32.2. The van der Waals surface area contributed by atoms with Crippen LogP contribution in [-0.4, -0.2) is 31.3 Å².